The smallest absolute Gasteiger partial charge is 0.150 e. The largest absolute Gasteiger partial charge is 0.382 e. The van der Waals surface area contributed by atoms with Crippen LogP contribution in [-0.4, -0.2) is 39.2 Å². The lowest BCUT2D eigenvalue weighted by Crippen LogP contribution is -2.31. The molecule has 15 heavy (non-hydrogen) atoms. The van der Waals surface area contributed by atoms with Gasteiger partial charge < -0.3 is 10.5 Å². The molecule has 0 saturated carbocycles. The molecule has 90 valence electrons. The van der Waals surface area contributed by atoms with E-state index in [4.69, 9.17) is 10.5 Å². The molecule has 0 radical (unpaired) electrons. The van der Waals surface area contributed by atoms with Crippen LogP contribution in [-0.2, 0) is 14.6 Å². The van der Waals surface area contributed by atoms with Gasteiger partial charge in [-0.2, -0.15) is 0 Å². The summed E-state index contributed by atoms with van der Waals surface area (Å²) in [4.78, 5) is 0. The van der Waals surface area contributed by atoms with Gasteiger partial charge in [0.1, 0.15) is 0 Å². The zero-order chi connectivity index (χ0) is 11.3. The number of nitrogens with two attached hydrogens (primary N) is 1. The van der Waals surface area contributed by atoms with E-state index in [0.717, 1.165) is 32.5 Å². The second-order valence-corrected chi connectivity index (χ2v) is 6.39. The Morgan fingerprint density at radius 3 is 2.80 bits per heavy atom. The van der Waals surface area contributed by atoms with Crippen molar-refractivity contribution >= 4 is 9.84 Å². The van der Waals surface area contributed by atoms with Crippen LogP contribution in [0.4, 0.5) is 0 Å². The number of rotatable bonds is 6. The van der Waals surface area contributed by atoms with Crippen LogP contribution in [0, 0.1) is 5.92 Å². The van der Waals surface area contributed by atoms with Crippen LogP contribution in [0.1, 0.15) is 26.2 Å². The fraction of sp³-hybridized carbons (Fsp3) is 1.00. The maximum atomic E-state index is 11.2. The molecule has 1 aliphatic rings. The Bertz CT molecular complexity index is 276. The number of hydrogen-bond acceptors (Lipinski definition) is 4. The molecule has 0 aromatic rings. The summed E-state index contributed by atoms with van der Waals surface area (Å²) in [5, 5.41) is 0. The minimum atomic E-state index is -2.79. The SMILES string of the molecule is CCOCCCC(N)C1CCS(=O)(=O)C1. The van der Waals surface area contributed by atoms with E-state index in [1.165, 1.54) is 0 Å². The molecular formula is C10H21NO3S. The van der Waals surface area contributed by atoms with E-state index >= 15 is 0 Å². The lowest BCUT2D eigenvalue weighted by Gasteiger charge is -2.17. The summed E-state index contributed by atoms with van der Waals surface area (Å²) in [6.45, 7) is 3.42. The molecular weight excluding hydrogens is 214 g/mol. The average molecular weight is 235 g/mol. The van der Waals surface area contributed by atoms with Crippen molar-refractivity contribution in [2.24, 2.45) is 11.7 Å². The monoisotopic (exact) mass is 235 g/mol. The molecule has 0 spiro atoms. The van der Waals surface area contributed by atoms with Crippen molar-refractivity contribution in [2.45, 2.75) is 32.2 Å². The number of ether oxygens (including phenoxy) is 1. The predicted molar refractivity (Wildman–Crippen MR) is 60.5 cm³/mol. The first kappa shape index (κ1) is 12.9. The first-order valence-electron chi connectivity index (χ1n) is 5.59. The van der Waals surface area contributed by atoms with Crippen LogP contribution in [0.15, 0.2) is 0 Å². The number of hydrogen-bond donors (Lipinski definition) is 1. The summed E-state index contributed by atoms with van der Waals surface area (Å²) in [7, 11) is -2.79. The van der Waals surface area contributed by atoms with E-state index in [2.05, 4.69) is 0 Å². The standard InChI is InChI=1S/C10H21NO3S/c1-2-14-6-3-4-10(11)9-5-7-15(12,13)8-9/h9-10H,2-8,11H2,1H3. The van der Waals surface area contributed by atoms with Crippen LogP contribution in [0.5, 0.6) is 0 Å². The fourth-order valence-electron chi connectivity index (χ4n) is 1.96. The van der Waals surface area contributed by atoms with Gasteiger partial charge in [0.15, 0.2) is 9.84 Å². The lowest BCUT2D eigenvalue weighted by molar-refractivity contribution is 0.140. The summed E-state index contributed by atoms with van der Waals surface area (Å²) >= 11 is 0. The minimum absolute atomic E-state index is 0.0164. The quantitative estimate of drug-likeness (QED) is 0.683. The molecule has 0 aliphatic carbocycles. The molecule has 2 atom stereocenters. The molecule has 0 aromatic carbocycles. The highest BCUT2D eigenvalue weighted by Crippen LogP contribution is 2.22. The van der Waals surface area contributed by atoms with Gasteiger partial charge in [0.05, 0.1) is 11.5 Å². The summed E-state index contributed by atoms with van der Waals surface area (Å²) in [5.41, 5.74) is 5.96. The van der Waals surface area contributed by atoms with Gasteiger partial charge in [-0.3, -0.25) is 0 Å². The summed E-state index contributed by atoms with van der Waals surface area (Å²) in [6, 6.07) is 0.0164. The van der Waals surface area contributed by atoms with Crippen molar-refractivity contribution in [3.05, 3.63) is 0 Å². The summed E-state index contributed by atoms with van der Waals surface area (Å²) in [6.07, 6.45) is 2.52. The van der Waals surface area contributed by atoms with Gasteiger partial charge in [0.2, 0.25) is 0 Å². The molecule has 0 amide bonds. The van der Waals surface area contributed by atoms with Crippen molar-refractivity contribution in [1.82, 2.24) is 0 Å². The van der Waals surface area contributed by atoms with Gasteiger partial charge in [-0.25, -0.2) is 8.42 Å². The van der Waals surface area contributed by atoms with Crippen molar-refractivity contribution < 1.29 is 13.2 Å². The predicted octanol–water partition coefficient (Wildman–Crippen LogP) is 0.565. The van der Waals surface area contributed by atoms with Crippen molar-refractivity contribution in [2.75, 3.05) is 24.7 Å². The van der Waals surface area contributed by atoms with E-state index < -0.39 is 9.84 Å². The van der Waals surface area contributed by atoms with Crippen molar-refractivity contribution in [3.8, 4) is 0 Å². The van der Waals surface area contributed by atoms with E-state index in [-0.39, 0.29) is 17.7 Å². The summed E-state index contributed by atoms with van der Waals surface area (Å²) in [5.74, 6) is 0.760. The van der Waals surface area contributed by atoms with Crippen LogP contribution in [0.25, 0.3) is 0 Å². The molecule has 5 heteroatoms. The van der Waals surface area contributed by atoms with Crippen molar-refractivity contribution in [3.63, 3.8) is 0 Å². The molecule has 1 fully saturated rings. The summed E-state index contributed by atoms with van der Waals surface area (Å²) < 4.78 is 27.7. The van der Waals surface area contributed by atoms with Crippen LogP contribution < -0.4 is 5.73 Å². The minimum Gasteiger partial charge on any atom is -0.382 e. The highest BCUT2D eigenvalue weighted by atomic mass is 32.2. The normalized spacial score (nSPS) is 26.7. The van der Waals surface area contributed by atoms with Gasteiger partial charge in [-0.05, 0) is 32.1 Å². The molecule has 4 nitrogen and oxygen atoms in total. The van der Waals surface area contributed by atoms with Gasteiger partial charge in [-0.1, -0.05) is 0 Å². The van der Waals surface area contributed by atoms with Gasteiger partial charge in [0.25, 0.3) is 0 Å². The Morgan fingerprint density at radius 1 is 1.53 bits per heavy atom. The van der Waals surface area contributed by atoms with Gasteiger partial charge in [0, 0.05) is 19.3 Å². The molecule has 1 rings (SSSR count). The van der Waals surface area contributed by atoms with Gasteiger partial charge >= 0.3 is 0 Å². The lowest BCUT2D eigenvalue weighted by atomic mass is 9.96. The van der Waals surface area contributed by atoms with Crippen LogP contribution in [0.2, 0.25) is 0 Å². The van der Waals surface area contributed by atoms with E-state index in [1.54, 1.807) is 0 Å². The highest BCUT2D eigenvalue weighted by molar-refractivity contribution is 7.91. The molecule has 1 heterocycles. The third-order valence-electron chi connectivity index (χ3n) is 2.90. The van der Waals surface area contributed by atoms with Crippen molar-refractivity contribution in [1.29, 1.82) is 0 Å². The second kappa shape index (κ2) is 5.82. The molecule has 1 aliphatic heterocycles. The number of sulfone groups is 1. The fourth-order valence-corrected chi connectivity index (χ4v) is 3.86. The van der Waals surface area contributed by atoms with Crippen LogP contribution >= 0.6 is 0 Å². The maximum absolute atomic E-state index is 11.2. The zero-order valence-electron chi connectivity index (χ0n) is 9.31. The van der Waals surface area contributed by atoms with E-state index in [1.807, 2.05) is 6.92 Å². The third kappa shape index (κ3) is 4.49. The maximum Gasteiger partial charge on any atom is 0.150 e. The second-order valence-electron chi connectivity index (χ2n) is 4.17. The van der Waals surface area contributed by atoms with E-state index in [9.17, 15) is 8.42 Å². The van der Waals surface area contributed by atoms with Crippen LogP contribution in [0.3, 0.4) is 0 Å². The molecule has 0 aromatic heterocycles. The topological polar surface area (TPSA) is 69.4 Å². The molecule has 1 saturated heterocycles. The Balaban J connectivity index is 2.21. The Hall–Kier alpha value is -0.130. The Kier molecular flexibility index (Phi) is 5.02. The molecule has 0 bridgehead atoms. The average Bonchev–Trinajstić information content (AvgIpc) is 2.53. The Morgan fingerprint density at radius 2 is 2.27 bits per heavy atom. The zero-order valence-corrected chi connectivity index (χ0v) is 10.1. The third-order valence-corrected chi connectivity index (χ3v) is 4.70. The Labute approximate surface area is 92.1 Å². The van der Waals surface area contributed by atoms with E-state index in [0.29, 0.717) is 5.75 Å². The molecule has 2 unspecified atom stereocenters. The first-order valence-corrected chi connectivity index (χ1v) is 7.41. The highest BCUT2D eigenvalue weighted by Gasteiger charge is 2.31. The van der Waals surface area contributed by atoms with Gasteiger partial charge in [-0.15, -0.1) is 0 Å². The molecule has 2 N–H and O–H groups in total. The first-order chi connectivity index (χ1) is 7.05.